The van der Waals surface area contributed by atoms with Crippen molar-refractivity contribution in [3.63, 3.8) is 0 Å². The van der Waals surface area contributed by atoms with Gasteiger partial charge in [-0.25, -0.2) is 13.2 Å². The summed E-state index contributed by atoms with van der Waals surface area (Å²) in [4.78, 5) is 14.3. The molecule has 0 heterocycles. The first-order valence-electron chi connectivity index (χ1n) is 14.1. The highest BCUT2D eigenvalue weighted by molar-refractivity contribution is 7.91. The Kier molecular flexibility index (Phi) is 11.4. The number of carbonyl (C=O) groups is 1. The van der Waals surface area contributed by atoms with Gasteiger partial charge < -0.3 is 14.6 Å². The van der Waals surface area contributed by atoms with Crippen LogP contribution >= 0.6 is 11.6 Å². The van der Waals surface area contributed by atoms with Crippen LogP contribution in [0.2, 0.25) is 5.02 Å². The molecule has 0 spiro atoms. The summed E-state index contributed by atoms with van der Waals surface area (Å²) >= 11 is 6.14. The molecule has 1 N–H and O–H groups in total. The summed E-state index contributed by atoms with van der Waals surface area (Å²) in [5.74, 6) is -0.116. The quantitative estimate of drug-likeness (QED) is 0.166. The zero-order valence-corrected chi connectivity index (χ0v) is 25.8. The number of hydrogen-bond donors (Lipinski definition) is 1. The minimum atomic E-state index is -3.75. The minimum absolute atomic E-state index is 0.125. The standard InChI is InChI=1S/C34H36ClNO6S/c1-3-41-34(38)25(2)42-30-14-18-32(19-15-30)43(39,40)31-16-12-26(13-17-31)20-21-36(23-27-8-5-4-6-9-27)24-33(37)28-10-7-11-29(35)22-28/h4-19,22,25,33,37H,3,20-21,23-24H2,1-2H3/t25-,33+/m1/s1. The van der Waals surface area contributed by atoms with Gasteiger partial charge in [0, 0.05) is 24.7 Å². The molecule has 0 aliphatic heterocycles. The number of aliphatic hydroxyl groups is 1. The fourth-order valence-corrected chi connectivity index (χ4v) is 6.07. The van der Waals surface area contributed by atoms with Gasteiger partial charge in [0.05, 0.1) is 22.5 Å². The van der Waals surface area contributed by atoms with Crippen LogP contribution in [0.25, 0.3) is 0 Å². The normalized spacial score (nSPS) is 13.0. The van der Waals surface area contributed by atoms with Crippen LogP contribution in [0.15, 0.2) is 113 Å². The molecular formula is C34H36ClNO6S. The van der Waals surface area contributed by atoms with Crippen molar-refractivity contribution in [1.29, 1.82) is 0 Å². The van der Waals surface area contributed by atoms with Gasteiger partial charge in [-0.2, -0.15) is 0 Å². The largest absolute Gasteiger partial charge is 0.479 e. The van der Waals surface area contributed by atoms with Gasteiger partial charge in [-0.1, -0.05) is 66.2 Å². The number of aliphatic hydroxyl groups excluding tert-OH is 1. The van der Waals surface area contributed by atoms with Crippen LogP contribution in [0.1, 0.15) is 36.6 Å². The summed E-state index contributed by atoms with van der Waals surface area (Å²) in [6.45, 7) is 5.27. The summed E-state index contributed by atoms with van der Waals surface area (Å²) in [6, 6.07) is 30.1. The molecule has 0 unspecified atom stereocenters. The van der Waals surface area contributed by atoms with E-state index in [2.05, 4.69) is 17.0 Å². The van der Waals surface area contributed by atoms with E-state index in [4.69, 9.17) is 21.1 Å². The molecule has 0 aliphatic rings. The van der Waals surface area contributed by atoms with E-state index in [1.807, 2.05) is 42.5 Å². The van der Waals surface area contributed by atoms with Gasteiger partial charge in [-0.3, -0.25) is 4.90 Å². The SMILES string of the molecule is CCOC(=O)[C@@H](C)Oc1ccc(S(=O)(=O)c2ccc(CCN(Cc3ccccc3)C[C@H](O)c3cccc(Cl)c3)cc2)cc1. The van der Waals surface area contributed by atoms with Gasteiger partial charge in [0.2, 0.25) is 9.84 Å². The van der Waals surface area contributed by atoms with Gasteiger partial charge in [0.15, 0.2) is 6.10 Å². The van der Waals surface area contributed by atoms with Crippen LogP contribution in [-0.4, -0.2) is 50.2 Å². The highest BCUT2D eigenvalue weighted by Crippen LogP contribution is 2.25. The van der Waals surface area contributed by atoms with E-state index in [1.165, 1.54) is 24.3 Å². The Labute approximate surface area is 258 Å². The third-order valence-corrected chi connectivity index (χ3v) is 8.95. The maximum Gasteiger partial charge on any atom is 0.347 e. The van der Waals surface area contributed by atoms with E-state index in [-0.39, 0.29) is 16.4 Å². The fourth-order valence-electron chi connectivity index (χ4n) is 4.61. The summed E-state index contributed by atoms with van der Waals surface area (Å²) in [7, 11) is -3.75. The first-order valence-corrected chi connectivity index (χ1v) is 16.0. The van der Waals surface area contributed by atoms with E-state index in [1.54, 1.807) is 38.1 Å². The second-order valence-corrected chi connectivity index (χ2v) is 12.6. The summed E-state index contributed by atoms with van der Waals surface area (Å²) in [5.41, 5.74) is 2.87. The smallest absolute Gasteiger partial charge is 0.347 e. The molecule has 9 heteroatoms. The molecule has 2 atom stereocenters. The lowest BCUT2D eigenvalue weighted by Gasteiger charge is -2.25. The average molecular weight is 622 g/mol. The first kappa shape index (κ1) is 32.2. The van der Waals surface area contributed by atoms with Gasteiger partial charge in [-0.15, -0.1) is 0 Å². The lowest BCUT2D eigenvalue weighted by molar-refractivity contribution is -0.150. The molecule has 4 aromatic rings. The van der Waals surface area contributed by atoms with E-state index in [0.29, 0.717) is 36.8 Å². The van der Waals surface area contributed by atoms with E-state index in [9.17, 15) is 18.3 Å². The van der Waals surface area contributed by atoms with Gasteiger partial charge in [0.1, 0.15) is 5.75 Å². The highest BCUT2D eigenvalue weighted by atomic mass is 35.5. The molecule has 0 radical (unpaired) electrons. The minimum Gasteiger partial charge on any atom is -0.479 e. The van der Waals surface area contributed by atoms with Gasteiger partial charge >= 0.3 is 5.97 Å². The van der Waals surface area contributed by atoms with E-state index >= 15 is 0 Å². The maximum absolute atomic E-state index is 13.3. The number of benzene rings is 4. The molecule has 0 bridgehead atoms. The zero-order valence-electron chi connectivity index (χ0n) is 24.2. The zero-order chi connectivity index (χ0) is 30.8. The number of rotatable bonds is 14. The van der Waals surface area contributed by atoms with Crippen molar-refractivity contribution in [2.45, 2.75) is 48.8 Å². The molecule has 0 aliphatic carbocycles. The molecule has 0 amide bonds. The first-order chi connectivity index (χ1) is 20.7. The summed E-state index contributed by atoms with van der Waals surface area (Å²) in [5, 5.41) is 11.5. The van der Waals surface area contributed by atoms with Crippen LogP contribution in [0.5, 0.6) is 5.75 Å². The van der Waals surface area contributed by atoms with Crippen molar-refractivity contribution >= 4 is 27.4 Å². The van der Waals surface area contributed by atoms with E-state index in [0.717, 1.165) is 16.7 Å². The molecule has 4 rings (SSSR count). The maximum atomic E-state index is 13.3. The van der Waals surface area contributed by atoms with Crippen LogP contribution in [0.4, 0.5) is 0 Å². The predicted octanol–water partition coefficient (Wildman–Crippen LogP) is 6.28. The predicted molar refractivity (Wildman–Crippen MR) is 167 cm³/mol. The topological polar surface area (TPSA) is 93.1 Å². The second kappa shape index (κ2) is 15.2. The Morgan fingerprint density at radius 1 is 0.884 bits per heavy atom. The Hall–Kier alpha value is -3.69. The van der Waals surface area contributed by atoms with Crippen molar-refractivity contribution in [3.05, 3.63) is 125 Å². The second-order valence-electron chi connectivity index (χ2n) is 10.2. The van der Waals surface area contributed by atoms with Crippen molar-refractivity contribution in [2.24, 2.45) is 0 Å². The average Bonchev–Trinajstić information content (AvgIpc) is 3.01. The number of ether oxygens (including phenoxy) is 2. The molecular weight excluding hydrogens is 586 g/mol. The number of nitrogens with zero attached hydrogens (tertiary/aromatic N) is 1. The molecule has 0 saturated heterocycles. The number of halogens is 1. The summed E-state index contributed by atoms with van der Waals surface area (Å²) < 4.78 is 37.0. The van der Waals surface area contributed by atoms with Crippen LogP contribution in [-0.2, 0) is 32.3 Å². The van der Waals surface area contributed by atoms with Gasteiger partial charge in [-0.05, 0) is 85.5 Å². The number of carbonyl (C=O) groups excluding carboxylic acids is 1. The Morgan fingerprint density at radius 3 is 2.16 bits per heavy atom. The Bertz CT molecular complexity index is 1580. The third-order valence-electron chi connectivity index (χ3n) is 6.93. The molecule has 0 saturated carbocycles. The fraction of sp³-hybridized carbons (Fsp3) is 0.265. The lowest BCUT2D eigenvalue weighted by Crippen LogP contribution is -2.30. The number of hydrogen-bond acceptors (Lipinski definition) is 7. The highest BCUT2D eigenvalue weighted by Gasteiger charge is 2.20. The molecule has 7 nitrogen and oxygen atoms in total. The van der Waals surface area contributed by atoms with Crippen molar-refractivity contribution in [3.8, 4) is 5.75 Å². The van der Waals surface area contributed by atoms with E-state index < -0.39 is 28.0 Å². The third kappa shape index (κ3) is 9.15. The number of esters is 1. The lowest BCUT2D eigenvalue weighted by atomic mass is 10.1. The molecule has 0 fully saturated rings. The Morgan fingerprint density at radius 2 is 1.53 bits per heavy atom. The molecule has 4 aromatic carbocycles. The monoisotopic (exact) mass is 621 g/mol. The van der Waals surface area contributed by atoms with Crippen LogP contribution in [0.3, 0.4) is 0 Å². The van der Waals surface area contributed by atoms with Gasteiger partial charge in [0.25, 0.3) is 0 Å². The molecule has 226 valence electrons. The van der Waals surface area contributed by atoms with Crippen molar-refractivity contribution < 1.29 is 27.8 Å². The van der Waals surface area contributed by atoms with Crippen LogP contribution < -0.4 is 4.74 Å². The Balaban J connectivity index is 1.41. The number of sulfone groups is 1. The summed E-state index contributed by atoms with van der Waals surface area (Å²) in [6.07, 6.45) is -0.848. The molecule has 0 aromatic heterocycles. The van der Waals surface area contributed by atoms with Crippen molar-refractivity contribution in [1.82, 2.24) is 4.90 Å². The van der Waals surface area contributed by atoms with Crippen LogP contribution in [0, 0.1) is 0 Å². The van der Waals surface area contributed by atoms with Crippen molar-refractivity contribution in [2.75, 3.05) is 19.7 Å². The molecule has 43 heavy (non-hydrogen) atoms.